The second-order valence-corrected chi connectivity index (χ2v) is 5.25. The van der Waals surface area contributed by atoms with Gasteiger partial charge >= 0.3 is 0 Å². The second kappa shape index (κ2) is 7.97. The van der Waals surface area contributed by atoms with Crippen molar-refractivity contribution in [2.24, 2.45) is 0 Å². The van der Waals surface area contributed by atoms with Crippen LogP contribution in [0.5, 0.6) is 5.75 Å². The highest BCUT2D eigenvalue weighted by molar-refractivity contribution is 6.09. The Morgan fingerprint density at radius 2 is 1.71 bits per heavy atom. The average Bonchev–Trinajstić information content (AvgIpc) is 2.56. The molecule has 5 nitrogen and oxygen atoms in total. The number of carbonyl (C=O) groups is 2. The summed E-state index contributed by atoms with van der Waals surface area (Å²) in [6.07, 6.45) is 1.65. The van der Waals surface area contributed by atoms with E-state index in [1.54, 1.807) is 24.3 Å². The van der Waals surface area contributed by atoms with Crippen LogP contribution in [-0.4, -0.2) is 18.9 Å². The third-order valence-corrected chi connectivity index (χ3v) is 3.40. The predicted octanol–water partition coefficient (Wildman–Crippen LogP) is 3.12. The molecule has 2 amide bonds. The fourth-order valence-electron chi connectivity index (χ4n) is 2.19. The third kappa shape index (κ3) is 4.46. The Morgan fingerprint density at radius 3 is 2.38 bits per heavy atom. The summed E-state index contributed by atoms with van der Waals surface area (Å²) in [5.41, 5.74) is 2.57. The molecule has 2 rings (SSSR count). The van der Waals surface area contributed by atoms with Crippen LogP contribution >= 0.6 is 0 Å². The molecule has 0 atom stereocenters. The molecular weight excluding hydrogens is 304 g/mol. The molecule has 0 aliphatic carbocycles. The van der Waals surface area contributed by atoms with Gasteiger partial charge in [0, 0.05) is 6.92 Å². The van der Waals surface area contributed by atoms with Crippen molar-refractivity contribution in [3.8, 4) is 5.75 Å². The fourth-order valence-corrected chi connectivity index (χ4v) is 2.19. The van der Waals surface area contributed by atoms with Gasteiger partial charge in [-0.3, -0.25) is 9.59 Å². The number of hydrogen-bond acceptors (Lipinski definition) is 3. The number of hydrogen-bond donors (Lipinski definition) is 2. The van der Waals surface area contributed by atoms with Crippen LogP contribution in [0.25, 0.3) is 6.08 Å². The van der Waals surface area contributed by atoms with Gasteiger partial charge in [-0.15, -0.1) is 0 Å². The summed E-state index contributed by atoms with van der Waals surface area (Å²) in [5, 5.41) is 5.34. The molecule has 0 heterocycles. The summed E-state index contributed by atoms with van der Waals surface area (Å²) in [7, 11) is 1.53. The summed E-state index contributed by atoms with van der Waals surface area (Å²) in [4.78, 5) is 24.0. The number of aryl methyl sites for hydroxylation is 1. The number of rotatable bonds is 5. The lowest BCUT2D eigenvalue weighted by molar-refractivity contribution is -0.120. The van der Waals surface area contributed by atoms with Crippen LogP contribution < -0.4 is 15.4 Å². The van der Waals surface area contributed by atoms with Crippen LogP contribution in [0.3, 0.4) is 0 Å². The Balaban J connectivity index is 2.32. The molecule has 5 heteroatoms. The minimum atomic E-state index is -0.419. The van der Waals surface area contributed by atoms with Gasteiger partial charge < -0.3 is 15.4 Å². The Bertz CT molecular complexity index is 782. The van der Waals surface area contributed by atoms with Crippen LogP contribution in [0.2, 0.25) is 0 Å². The number of amides is 2. The van der Waals surface area contributed by atoms with Gasteiger partial charge in [0.05, 0.1) is 12.8 Å². The monoisotopic (exact) mass is 324 g/mol. The van der Waals surface area contributed by atoms with E-state index in [0.29, 0.717) is 11.4 Å². The summed E-state index contributed by atoms with van der Waals surface area (Å²) in [6.45, 7) is 3.30. The second-order valence-electron chi connectivity index (χ2n) is 5.25. The molecule has 0 radical (unpaired) electrons. The van der Waals surface area contributed by atoms with Gasteiger partial charge in [0.1, 0.15) is 11.4 Å². The highest BCUT2D eigenvalue weighted by Gasteiger charge is 2.14. The first-order valence-corrected chi connectivity index (χ1v) is 7.50. The number of ether oxygens (including phenoxy) is 1. The van der Waals surface area contributed by atoms with Crippen molar-refractivity contribution >= 4 is 23.6 Å². The van der Waals surface area contributed by atoms with Crippen LogP contribution in [0.1, 0.15) is 18.1 Å². The zero-order valence-electron chi connectivity index (χ0n) is 13.9. The molecule has 0 aliphatic rings. The molecule has 0 aromatic heterocycles. The van der Waals surface area contributed by atoms with Crippen LogP contribution in [0.15, 0.2) is 54.2 Å². The normalized spacial score (nSPS) is 10.9. The number of benzene rings is 2. The Hall–Kier alpha value is -3.08. The number of para-hydroxylation sites is 2. The maximum atomic E-state index is 12.6. The first kappa shape index (κ1) is 17.3. The fraction of sp³-hybridized carbons (Fsp3) is 0.158. The standard InChI is InChI=1S/C19H20N2O3/c1-13-8-4-5-9-15(13)12-17(20-14(2)22)19(23)21-16-10-6-7-11-18(16)24-3/h4-12H,1-3H3,(H,20,22)(H,21,23)/b17-12-. The van der Waals surface area contributed by atoms with E-state index < -0.39 is 5.91 Å². The average molecular weight is 324 g/mol. The molecule has 0 bridgehead atoms. The van der Waals surface area contributed by atoms with Crippen LogP contribution in [-0.2, 0) is 9.59 Å². The van der Waals surface area contributed by atoms with E-state index >= 15 is 0 Å². The van der Waals surface area contributed by atoms with E-state index in [0.717, 1.165) is 11.1 Å². The van der Waals surface area contributed by atoms with Crippen LogP contribution in [0.4, 0.5) is 5.69 Å². The molecule has 24 heavy (non-hydrogen) atoms. The molecule has 124 valence electrons. The molecule has 2 aromatic carbocycles. The number of anilines is 1. The highest BCUT2D eigenvalue weighted by atomic mass is 16.5. The molecule has 0 saturated carbocycles. The molecule has 0 spiro atoms. The van der Waals surface area contributed by atoms with E-state index in [9.17, 15) is 9.59 Å². The van der Waals surface area contributed by atoms with E-state index in [4.69, 9.17) is 4.74 Å². The van der Waals surface area contributed by atoms with Crippen molar-refractivity contribution in [3.05, 3.63) is 65.4 Å². The van der Waals surface area contributed by atoms with Crippen LogP contribution in [0, 0.1) is 6.92 Å². The first-order chi connectivity index (χ1) is 11.5. The number of methoxy groups -OCH3 is 1. The van der Waals surface area contributed by atoms with Gasteiger partial charge in [0.2, 0.25) is 5.91 Å². The van der Waals surface area contributed by atoms with E-state index in [2.05, 4.69) is 10.6 Å². The number of nitrogens with one attached hydrogen (secondary N) is 2. The van der Waals surface area contributed by atoms with Crippen molar-refractivity contribution in [2.45, 2.75) is 13.8 Å². The third-order valence-electron chi connectivity index (χ3n) is 3.40. The zero-order chi connectivity index (χ0) is 17.5. The van der Waals surface area contributed by atoms with E-state index in [1.165, 1.54) is 14.0 Å². The molecule has 0 aliphatic heterocycles. The Labute approximate surface area is 141 Å². The van der Waals surface area contributed by atoms with Gasteiger partial charge in [0.25, 0.3) is 5.91 Å². The lowest BCUT2D eigenvalue weighted by Gasteiger charge is -2.12. The maximum Gasteiger partial charge on any atom is 0.272 e. The predicted molar refractivity (Wildman–Crippen MR) is 94.6 cm³/mol. The van der Waals surface area contributed by atoms with E-state index in [1.807, 2.05) is 37.3 Å². The molecular formula is C19H20N2O3. The molecule has 2 aromatic rings. The maximum absolute atomic E-state index is 12.6. The van der Waals surface area contributed by atoms with Crippen molar-refractivity contribution in [2.75, 3.05) is 12.4 Å². The van der Waals surface area contributed by atoms with Crippen molar-refractivity contribution in [1.82, 2.24) is 5.32 Å². The minimum absolute atomic E-state index is 0.169. The lowest BCUT2D eigenvalue weighted by Crippen LogP contribution is -2.29. The van der Waals surface area contributed by atoms with Gasteiger partial charge in [-0.1, -0.05) is 36.4 Å². The summed E-state index contributed by atoms with van der Waals surface area (Å²) in [5.74, 6) is -0.188. The van der Waals surface area contributed by atoms with Gasteiger partial charge in [0.15, 0.2) is 0 Å². The van der Waals surface area contributed by atoms with Gasteiger partial charge in [-0.05, 0) is 36.3 Å². The molecule has 0 saturated heterocycles. The van der Waals surface area contributed by atoms with Crippen molar-refractivity contribution < 1.29 is 14.3 Å². The Kier molecular flexibility index (Phi) is 5.73. The smallest absolute Gasteiger partial charge is 0.272 e. The topological polar surface area (TPSA) is 67.4 Å². The molecule has 0 fully saturated rings. The zero-order valence-corrected chi connectivity index (χ0v) is 13.9. The summed E-state index contributed by atoms with van der Waals surface area (Å²) in [6, 6.07) is 14.7. The molecule has 2 N–H and O–H groups in total. The van der Waals surface area contributed by atoms with Gasteiger partial charge in [-0.25, -0.2) is 0 Å². The van der Waals surface area contributed by atoms with Gasteiger partial charge in [-0.2, -0.15) is 0 Å². The first-order valence-electron chi connectivity index (χ1n) is 7.50. The van der Waals surface area contributed by atoms with Crippen molar-refractivity contribution in [1.29, 1.82) is 0 Å². The highest BCUT2D eigenvalue weighted by Crippen LogP contribution is 2.23. The van der Waals surface area contributed by atoms with Crippen molar-refractivity contribution in [3.63, 3.8) is 0 Å². The summed E-state index contributed by atoms with van der Waals surface area (Å²) < 4.78 is 5.22. The number of carbonyl (C=O) groups excluding carboxylic acids is 2. The SMILES string of the molecule is COc1ccccc1NC(=O)/C(=C/c1ccccc1C)NC(C)=O. The Morgan fingerprint density at radius 1 is 1.04 bits per heavy atom. The molecule has 0 unspecified atom stereocenters. The lowest BCUT2D eigenvalue weighted by atomic mass is 10.1. The largest absolute Gasteiger partial charge is 0.495 e. The quantitative estimate of drug-likeness (QED) is 0.830. The minimum Gasteiger partial charge on any atom is -0.495 e. The van der Waals surface area contributed by atoms with E-state index in [-0.39, 0.29) is 11.6 Å². The summed E-state index contributed by atoms with van der Waals surface area (Å²) >= 11 is 0.